The predicted octanol–water partition coefficient (Wildman–Crippen LogP) is 2.41. The molecule has 110 valence electrons. The Hall–Kier alpha value is -3.22. The van der Waals surface area contributed by atoms with Crippen LogP contribution in [-0.2, 0) is 0 Å². The van der Waals surface area contributed by atoms with Crippen LogP contribution in [0.2, 0.25) is 0 Å². The molecular formula is C15H10N2O5. The molecule has 1 N–H and O–H groups in total. The number of rotatable bonds is 2. The highest BCUT2D eigenvalue weighted by Crippen LogP contribution is 2.35. The molecule has 0 saturated carbocycles. The van der Waals surface area contributed by atoms with Gasteiger partial charge in [0.1, 0.15) is 11.3 Å². The molecule has 7 heteroatoms. The summed E-state index contributed by atoms with van der Waals surface area (Å²) in [5, 5.41) is 20.5. The molecule has 0 fully saturated rings. The lowest BCUT2D eigenvalue weighted by molar-refractivity contribution is -0.385. The maximum absolute atomic E-state index is 12.5. The van der Waals surface area contributed by atoms with Crippen LogP contribution in [0, 0.1) is 17.0 Å². The van der Waals surface area contributed by atoms with Crippen molar-refractivity contribution in [2.75, 3.05) is 4.90 Å². The van der Waals surface area contributed by atoms with Crippen molar-refractivity contribution < 1.29 is 19.6 Å². The fraction of sp³-hybridized carbons (Fsp3) is 0.0667. The predicted molar refractivity (Wildman–Crippen MR) is 77.1 cm³/mol. The second-order valence-corrected chi connectivity index (χ2v) is 4.87. The summed E-state index contributed by atoms with van der Waals surface area (Å²) in [6.07, 6.45) is 0. The summed E-state index contributed by atoms with van der Waals surface area (Å²) in [7, 11) is 0. The SMILES string of the molecule is Cc1cc(O)ccc1N1C(=O)c2cccc([N+](=O)[O-])c2C1=O. The van der Waals surface area contributed by atoms with Gasteiger partial charge in [0, 0.05) is 6.07 Å². The second-order valence-electron chi connectivity index (χ2n) is 4.87. The summed E-state index contributed by atoms with van der Waals surface area (Å²) >= 11 is 0. The van der Waals surface area contributed by atoms with Crippen LogP contribution >= 0.6 is 0 Å². The molecule has 2 amide bonds. The minimum Gasteiger partial charge on any atom is -0.508 e. The molecule has 0 bridgehead atoms. The van der Waals surface area contributed by atoms with E-state index in [2.05, 4.69) is 0 Å². The molecule has 1 aliphatic heterocycles. The van der Waals surface area contributed by atoms with Crippen molar-refractivity contribution in [3.05, 3.63) is 63.2 Å². The molecule has 0 aromatic heterocycles. The number of hydrogen-bond donors (Lipinski definition) is 1. The number of imide groups is 1. The van der Waals surface area contributed by atoms with Gasteiger partial charge in [0.25, 0.3) is 17.5 Å². The molecule has 0 saturated heterocycles. The van der Waals surface area contributed by atoms with Gasteiger partial charge in [0.05, 0.1) is 16.2 Å². The number of anilines is 1. The zero-order valence-electron chi connectivity index (χ0n) is 11.4. The van der Waals surface area contributed by atoms with E-state index in [0.29, 0.717) is 11.3 Å². The number of nitro groups is 1. The summed E-state index contributed by atoms with van der Waals surface area (Å²) in [5.74, 6) is -1.34. The minimum atomic E-state index is -0.735. The Bertz CT molecular complexity index is 844. The Morgan fingerprint density at radius 1 is 1.14 bits per heavy atom. The van der Waals surface area contributed by atoms with Crippen LogP contribution in [-0.4, -0.2) is 21.8 Å². The van der Waals surface area contributed by atoms with E-state index in [1.54, 1.807) is 6.92 Å². The number of nitrogens with zero attached hydrogens (tertiary/aromatic N) is 2. The molecule has 3 rings (SSSR count). The summed E-state index contributed by atoms with van der Waals surface area (Å²) in [4.78, 5) is 36.2. The molecule has 7 nitrogen and oxygen atoms in total. The number of nitro benzene ring substituents is 1. The Kier molecular flexibility index (Phi) is 2.91. The van der Waals surface area contributed by atoms with Crippen molar-refractivity contribution in [2.45, 2.75) is 6.92 Å². The summed E-state index contributed by atoms with van der Waals surface area (Å²) in [6, 6.07) is 8.14. The van der Waals surface area contributed by atoms with E-state index < -0.39 is 22.4 Å². The van der Waals surface area contributed by atoms with Gasteiger partial charge in [-0.05, 0) is 36.8 Å². The van der Waals surface area contributed by atoms with Crippen molar-refractivity contribution in [3.8, 4) is 5.75 Å². The van der Waals surface area contributed by atoms with Gasteiger partial charge in [-0.1, -0.05) is 6.07 Å². The number of aromatic hydroxyl groups is 1. The maximum atomic E-state index is 12.5. The third kappa shape index (κ3) is 1.83. The van der Waals surface area contributed by atoms with Gasteiger partial charge in [-0.2, -0.15) is 0 Å². The van der Waals surface area contributed by atoms with E-state index in [9.17, 15) is 24.8 Å². The first-order valence-electron chi connectivity index (χ1n) is 6.37. The number of benzene rings is 2. The third-order valence-corrected chi connectivity index (χ3v) is 3.51. The van der Waals surface area contributed by atoms with Crippen LogP contribution < -0.4 is 4.90 Å². The van der Waals surface area contributed by atoms with Crippen LogP contribution in [0.15, 0.2) is 36.4 Å². The number of phenols is 1. The molecule has 0 spiro atoms. The average Bonchev–Trinajstić information content (AvgIpc) is 2.72. The number of aryl methyl sites for hydroxylation is 1. The minimum absolute atomic E-state index is 0.00356. The molecule has 22 heavy (non-hydrogen) atoms. The number of phenolic OH excluding ortho intramolecular Hbond substituents is 1. The monoisotopic (exact) mass is 298 g/mol. The van der Waals surface area contributed by atoms with Gasteiger partial charge in [-0.15, -0.1) is 0 Å². The largest absolute Gasteiger partial charge is 0.508 e. The van der Waals surface area contributed by atoms with Gasteiger partial charge in [0.15, 0.2) is 0 Å². The van der Waals surface area contributed by atoms with Crippen molar-refractivity contribution in [1.82, 2.24) is 0 Å². The van der Waals surface area contributed by atoms with Gasteiger partial charge in [0.2, 0.25) is 0 Å². The smallest absolute Gasteiger partial charge is 0.283 e. The molecule has 1 heterocycles. The fourth-order valence-electron chi connectivity index (χ4n) is 2.53. The summed E-state index contributed by atoms with van der Waals surface area (Å²) < 4.78 is 0. The van der Waals surface area contributed by atoms with Crippen LogP contribution in [0.3, 0.4) is 0 Å². The first-order valence-corrected chi connectivity index (χ1v) is 6.37. The fourth-order valence-corrected chi connectivity index (χ4v) is 2.53. The first kappa shape index (κ1) is 13.7. The molecule has 2 aromatic carbocycles. The van der Waals surface area contributed by atoms with E-state index in [1.165, 1.54) is 36.4 Å². The van der Waals surface area contributed by atoms with E-state index in [0.717, 1.165) is 4.90 Å². The molecular weight excluding hydrogens is 288 g/mol. The lowest BCUT2D eigenvalue weighted by Crippen LogP contribution is -2.30. The average molecular weight is 298 g/mol. The number of amides is 2. The molecule has 2 aromatic rings. The van der Waals surface area contributed by atoms with Gasteiger partial charge >= 0.3 is 0 Å². The Labute approximate surface area is 124 Å². The quantitative estimate of drug-likeness (QED) is 0.521. The molecule has 0 atom stereocenters. The first-order chi connectivity index (χ1) is 10.4. The van der Waals surface area contributed by atoms with Gasteiger partial charge in [-0.25, -0.2) is 4.90 Å². The van der Waals surface area contributed by atoms with Crippen molar-refractivity contribution in [2.24, 2.45) is 0 Å². The molecule has 0 aliphatic carbocycles. The van der Waals surface area contributed by atoms with Crippen molar-refractivity contribution in [3.63, 3.8) is 0 Å². The molecule has 0 unspecified atom stereocenters. The Balaban J connectivity index is 2.19. The van der Waals surface area contributed by atoms with E-state index >= 15 is 0 Å². The van der Waals surface area contributed by atoms with Gasteiger partial charge < -0.3 is 5.11 Å². The van der Waals surface area contributed by atoms with E-state index in [-0.39, 0.29) is 16.9 Å². The zero-order chi connectivity index (χ0) is 16.0. The molecule has 1 aliphatic rings. The number of fused-ring (bicyclic) bond motifs is 1. The van der Waals surface area contributed by atoms with Crippen LogP contribution in [0.25, 0.3) is 0 Å². The normalized spacial score (nSPS) is 13.4. The number of hydrogen-bond acceptors (Lipinski definition) is 5. The second kappa shape index (κ2) is 4.66. The van der Waals surface area contributed by atoms with Crippen LogP contribution in [0.4, 0.5) is 11.4 Å². The highest BCUT2D eigenvalue weighted by Gasteiger charge is 2.42. The van der Waals surface area contributed by atoms with Crippen LogP contribution in [0.5, 0.6) is 5.75 Å². The summed E-state index contributed by atoms with van der Waals surface area (Å²) in [6.45, 7) is 1.63. The highest BCUT2D eigenvalue weighted by molar-refractivity contribution is 6.35. The Morgan fingerprint density at radius 3 is 2.50 bits per heavy atom. The van der Waals surface area contributed by atoms with E-state index in [4.69, 9.17) is 0 Å². The number of carbonyl (C=O) groups excluding carboxylic acids is 2. The highest BCUT2D eigenvalue weighted by atomic mass is 16.6. The summed E-state index contributed by atoms with van der Waals surface area (Å²) in [5.41, 5.74) is 0.210. The van der Waals surface area contributed by atoms with E-state index in [1.807, 2.05) is 0 Å². The zero-order valence-corrected chi connectivity index (χ0v) is 11.4. The lowest BCUT2D eigenvalue weighted by Gasteiger charge is -2.16. The third-order valence-electron chi connectivity index (χ3n) is 3.51. The molecule has 0 radical (unpaired) electrons. The standard InChI is InChI=1S/C15H10N2O5/c1-8-7-9(18)5-6-11(8)16-14(19)10-3-2-4-12(17(21)22)13(10)15(16)20/h2-7,18H,1H3. The topological polar surface area (TPSA) is 101 Å². The Morgan fingerprint density at radius 2 is 1.86 bits per heavy atom. The van der Waals surface area contributed by atoms with Crippen molar-refractivity contribution in [1.29, 1.82) is 0 Å². The van der Waals surface area contributed by atoms with Crippen molar-refractivity contribution >= 4 is 23.2 Å². The van der Waals surface area contributed by atoms with Crippen LogP contribution in [0.1, 0.15) is 26.3 Å². The maximum Gasteiger partial charge on any atom is 0.283 e. The number of carbonyl (C=O) groups is 2. The van der Waals surface area contributed by atoms with Gasteiger partial charge in [-0.3, -0.25) is 19.7 Å². The lowest BCUT2D eigenvalue weighted by atomic mass is 10.1.